The molecule has 5 rings (SSSR count). The molecule has 1 aliphatic heterocycles. The Kier molecular flexibility index (Phi) is 11.4. The maximum atomic E-state index is 13.3. The standard InChI is InChI=1S/C33H35Cl2N7O4/c1-2-42-30(44)20-27(39-33(45)38-26-19-28(35)37-21-25(26)34)32(40-42)31-23(10-6-11-24(31)22-8-4-3-5-9-22)18-29(43)36-12-7-13-41-14-16-46-17-15-41/h3-6,8-11,19-21H,2,7,12-18H2,1H3,(H,36,43)(H2,37,38,39,45). The number of carbonyl (C=O) groups is 2. The number of halogens is 2. The summed E-state index contributed by atoms with van der Waals surface area (Å²) >= 11 is 12.2. The second-order valence-electron chi connectivity index (χ2n) is 10.7. The summed E-state index contributed by atoms with van der Waals surface area (Å²) in [6.45, 7) is 6.79. The molecular weight excluding hydrogens is 629 g/mol. The van der Waals surface area contributed by atoms with Gasteiger partial charge in [0.1, 0.15) is 10.8 Å². The fourth-order valence-electron chi connectivity index (χ4n) is 5.26. The molecule has 0 atom stereocenters. The predicted molar refractivity (Wildman–Crippen MR) is 181 cm³/mol. The highest BCUT2D eigenvalue weighted by Crippen LogP contribution is 2.37. The lowest BCUT2D eigenvalue weighted by Gasteiger charge is -2.26. The van der Waals surface area contributed by atoms with Crippen molar-refractivity contribution in [2.24, 2.45) is 0 Å². The number of carbonyl (C=O) groups excluding carboxylic acids is 2. The van der Waals surface area contributed by atoms with Gasteiger partial charge >= 0.3 is 6.03 Å². The fraction of sp³-hybridized carbons (Fsp3) is 0.303. The van der Waals surface area contributed by atoms with Crippen molar-refractivity contribution in [2.75, 3.05) is 50.0 Å². The lowest BCUT2D eigenvalue weighted by atomic mass is 9.91. The van der Waals surface area contributed by atoms with Crippen LogP contribution in [0.4, 0.5) is 16.2 Å². The molecule has 3 heterocycles. The number of aryl methyl sites for hydroxylation is 1. The first kappa shape index (κ1) is 33.1. The summed E-state index contributed by atoms with van der Waals surface area (Å²) in [4.78, 5) is 45.7. The van der Waals surface area contributed by atoms with Gasteiger partial charge in [-0.2, -0.15) is 5.10 Å². The molecule has 3 amide bonds. The molecule has 1 fully saturated rings. The molecule has 1 saturated heterocycles. The van der Waals surface area contributed by atoms with Gasteiger partial charge in [0.15, 0.2) is 0 Å². The number of nitrogens with zero attached hydrogens (tertiary/aromatic N) is 4. The molecule has 0 aliphatic carbocycles. The average Bonchev–Trinajstić information content (AvgIpc) is 3.06. The predicted octanol–water partition coefficient (Wildman–Crippen LogP) is 5.32. The number of hydrogen-bond donors (Lipinski definition) is 3. The first-order valence-corrected chi connectivity index (χ1v) is 15.8. The number of pyridine rings is 1. The van der Waals surface area contributed by atoms with E-state index in [1.54, 1.807) is 0 Å². The zero-order chi connectivity index (χ0) is 32.5. The van der Waals surface area contributed by atoms with Gasteiger partial charge in [-0.15, -0.1) is 0 Å². The third kappa shape index (κ3) is 8.49. The largest absolute Gasteiger partial charge is 0.379 e. The minimum Gasteiger partial charge on any atom is -0.379 e. The molecule has 4 aromatic rings. The molecule has 2 aromatic carbocycles. The van der Waals surface area contributed by atoms with Crippen LogP contribution in [0.3, 0.4) is 0 Å². The summed E-state index contributed by atoms with van der Waals surface area (Å²) in [5.74, 6) is -0.145. The third-order valence-corrected chi connectivity index (χ3v) is 8.02. The van der Waals surface area contributed by atoms with E-state index in [2.05, 4.69) is 25.8 Å². The number of ether oxygens (including phenoxy) is 1. The molecule has 0 bridgehead atoms. The summed E-state index contributed by atoms with van der Waals surface area (Å²) in [7, 11) is 0. The molecule has 1 aliphatic rings. The first-order valence-electron chi connectivity index (χ1n) is 15.1. The van der Waals surface area contributed by atoms with Crippen molar-refractivity contribution in [2.45, 2.75) is 26.3 Å². The molecule has 0 saturated carbocycles. The molecule has 0 radical (unpaired) electrons. The Hall–Kier alpha value is -4.29. The topological polar surface area (TPSA) is 130 Å². The van der Waals surface area contributed by atoms with Crippen molar-refractivity contribution in [3.63, 3.8) is 0 Å². The molecular formula is C33H35Cl2N7O4. The summed E-state index contributed by atoms with van der Waals surface area (Å²) in [6, 6.07) is 17.4. The van der Waals surface area contributed by atoms with E-state index in [-0.39, 0.29) is 33.9 Å². The Morgan fingerprint density at radius 2 is 1.74 bits per heavy atom. The summed E-state index contributed by atoms with van der Waals surface area (Å²) in [5.41, 5.74) is 3.33. The van der Waals surface area contributed by atoms with Gasteiger partial charge in [0.2, 0.25) is 5.91 Å². The SMILES string of the molecule is CCn1nc(-c2c(CC(=O)NCCCN3CCOCC3)cccc2-c2ccccc2)c(NC(=O)Nc2cc(Cl)ncc2Cl)cc1=O. The number of anilines is 2. The van der Waals surface area contributed by atoms with Crippen LogP contribution in [0.25, 0.3) is 22.4 Å². The van der Waals surface area contributed by atoms with Crippen LogP contribution in [0.2, 0.25) is 10.2 Å². The number of nitrogens with one attached hydrogen (secondary N) is 3. The van der Waals surface area contributed by atoms with Crippen LogP contribution in [0, 0.1) is 0 Å². The van der Waals surface area contributed by atoms with Crippen LogP contribution in [-0.2, 0) is 22.5 Å². The van der Waals surface area contributed by atoms with Gasteiger partial charge < -0.3 is 20.7 Å². The van der Waals surface area contributed by atoms with Crippen LogP contribution in [0.15, 0.2) is 71.7 Å². The molecule has 46 heavy (non-hydrogen) atoms. The summed E-state index contributed by atoms with van der Waals surface area (Å²) in [6.07, 6.45) is 2.21. The van der Waals surface area contributed by atoms with Crippen molar-refractivity contribution in [1.82, 2.24) is 25.0 Å². The number of hydrogen-bond acceptors (Lipinski definition) is 7. The Labute approximate surface area is 276 Å². The molecule has 2 aromatic heterocycles. The Bertz CT molecular complexity index is 1740. The fourth-order valence-corrected chi connectivity index (χ4v) is 5.57. The van der Waals surface area contributed by atoms with Gasteiger partial charge in [0.05, 0.1) is 36.0 Å². The zero-order valence-corrected chi connectivity index (χ0v) is 26.9. The molecule has 0 spiro atoms. The highest BCUT2D eigenvalue weighted by atomic mass is 35.5. The zero-order valence-electron chi connectivity index (χ0n) is 25.4. The summed E-state index contributed by atoms with van der Waals surface area (Å²) < 4.78 is 6.73. The lowest BCUT2D eigenvalue weighted by Crippen LogP contribution is -2.38. The van der Waals surface area contributed by atoms with Gasteiger partial charge in [-0.3, -0.25) is 14.5 Å². The third-order valence-electron chi connectivity index (χ3n) is 7.52. The Morgan fingerprint density at radius 3 is 2.50 bits per heavy atom. The van der Waals surface area contributed by atoms with E-state index in [4.69, 9.17) is 33.0 Å². The Morgan fingerprint density at radius 1 is 0.978 bits per heavy atom. The molecule has 240 valence electrons. The number of urea groups is 1. The second kappa shape index (κ2) is 15.8. The van der Waals surface area contributed by atoms with E-state index < -0.39 is 11.6 Å². The second-order valence-corrected chi connectivity index (χ2v) is 11.5. The number of amides is 3. The maximum Gasteiger partial charge on any atom is 0.323 e. The van der Waals surface area contributed by atoms with Crippen molar-refractivity contribution in [3.8, 4) is 22.4 Å². The summed E-state index contributed by atoms with van der Waals surface area (Å²) in [5, 5.41) is 13.5. The van der Waals surface area contributed by atoms with E-state index >= 15 is 0 Å². The monoisotopic (exact) mass is 663 g/mol. The average molecular weight is 665 g/mol. The van der Waals surface area contributed by atoms with Crippen LogP contribution in [0.1, 0.15) is 18.9 Å². The van der Waals surface area contributed by atoms with Crippen LogP contribution in [0.5, 0.6) is 0 Å². The molecule has 11 nitrogen and oxygen atoms in total. The maximum absolute atomic E-state index is 13.3. The number of benzene rings is 2. The van der Waals surface area contributed by atoms with Gasteiger partial charge in [0, 0.05) is 50.1 Å². The van der Waals surface area contributed by atoms with Gasteiger partial charge in [-0.25, -0.2) is 14.5 Å². The van der Waals surface area contributed by atoms with Crippen LogP contribution < -0.4 is 21.5 Å². The van der Waals surface area contributed by atoms with E-state index in [1.165, 1.54) is 23.0 Å². The number of rotatable bonds is 11. The van der Waals surface area contributed by atoms with Crippen molar-refractivity contribution in [1.29, 1.82) is 0 Å². The Balaban J connectivity index is 1.47. The number of morpholine rings is 1. The highest BCUT2D eigenvalue weighted by molar-refractivity contribution is 6.35. The molecule has 3 N–H and O–H groups in total. The van der Waals surface area contributed by atoms with Crippen molar-refractivity contribution < 1.29 is 14.3 Å². The van der Waals surface area contributed by atoms with Gasteiger partial charge in [-0.1, -0.05) is 71.7 Å². The van der Waals surface area contributed by atoms with Gasteiger partial charge in [-0.05, 0) is 36.6 Å². The highest BCUT2D eigenvalue weighted by Gasteiger charge is 2.22. The lowest BCUT2D eigenvalue weighted by molar-refractivity contribution is -0.120. The van der Waals surface area contributed by atoms with Crippen LogP contribution in [-0.4, -0.2) is 71.0 Å². The van der Waals surface area contributed by atoms with E-state index in [0.29, 0.717) is 29.9 Å². The van der Waals surface area contributed by atoms with Crippen LogP contribution >= 0.6 is 23.2 Å². The van der Waals surface area contributed by atoms with Gasteiger partial charge in [0.25, 0.3) is 5.56 Å². The minimum absolute atomic E-state index is 0.0667. The van der Waals surface area contributed by atoms with E-state index in [0.717, 1.165) is 50.4 Å². The quantitative estimate of drug-likeness (QED) is 0.146. The minimum atomic E-state index is -0.669. The first-order chi connectivity index (χ1) is 22.3. The van der Waals surface area contributed by atoms with Crippen molar-refractivity contribution in [3.05, 3.63) is 93.0 Å². The smallest absolute Gasteiger partial charge is 0.323 e. The normalized spacial score (nSPS) is 13.3. The van der Waals surface area contributed by atoms with E-state index in [1.807, 2.05) is 55.5 Å². The van der Waals surface area contributed by atoms with E-state index in [9.17, 15) is 14.4 Å². The van der Waals surface area contributed by atoms with Crippen molar-refractivity contribution >= 4 is 46.5 Å². The number of aromatic nitrogens is 3. The molecule has 0 unspecified atom stereocenters. The molecule has 13 heteroatoms.